The highest BCUT2D eigenvalue weighted by atomic mass is 32.1. The molecular weight excluding hydrogens is 204 g/mol. The highest BCUT2D eigenvalue weighted by Crippen LogP contribution is 2.48. The van der Waals surface area contributed by atoms with E-state index in [0.29, 0.717) is 0 Å². The lowest BCUT2D eigenvalue weighted by Gasteiger charge is -2.39. The third kappa shape index (κ3) is 1.81. The molecule has 0 amide bonds. The van der Waals surface area contributed by atoms with Crippen LogP contribution in [0.3, 0.4) is 0 Å². The second-order valence-corrected chi connectivity index (χ2v) is 4.63. The van der Waals surface area contributed by atoms with Gasteiger partial charge in [-0.25, -0.2) is 8.78 Å². The number of nitrogens with one attached hydrogen (secondary N) is 1. The Morgan fingerprint density at radius 1 is 1.57 bits per heavy atom. The van der Waals surface area contributed by atoms with Crippen LogP contribution in [0.2, 0.25) is 0 Å². The van der Waals surface area contributed by atoms with Gasteiger partial charge >= 0.3 is 0 Å². The first-order chi connectivity index (χ1) is 6.62. The summed E-state index contributed by atoms with van der Waals surface area (Å²) in [5.74, 6) is -2.33. The molecule has 1 aromatic heterocycles. The van der Waals surface area contributed by atoms with Gasteiger partial charge in [-0.05, 0) is 35.4 Å². The number of halogens is 2. The summed E-state index contributed by atoms with van der Waals surface area (Å²) >= 11 is 1.61. The lowest BCUT2D eigenvalue weighted by atomic mass is 9.75. The van der Waals surface area contributed by atoms with Gasteiger partial charge in [0.05, 0.1) is 0 Å². The van der Waals surface area contributed by atoms with Gasteiger partial charge in [-0.1, -0.05) is 0 Å². The number of alkyl halides is 2. The maximum Gasteiger partial charge on any atom is 0.248 e. The molecule has 1 unspecified atom stereocenters. The summed E-state index contributed by atoms with van der Waals surface area (Å²) in [4.78, 5) is 0. The molecule has 1 saturated carbocycles. The van der Waals surface area contributed by atoms with Gasteiger partial charge in [0.25, 0.3) is 0 Å². The molecule has 1 heterocycles. The first kappa shape index (κ1) is 10.1. The van der Waals surface area contributed by atoms with Crippen LogP contribution in [0.4, 0.5) is 8.78 Å². The normalized spacial score (nSPS) is 23.1. The maximum atomic E-state index is 12.7. The molecule has 14 heavy (non-hydrogen) atoms. The summed E-state index contributed by atoms with van der Waals surface area (Å²) in [6.45, 7) is 0. The monoisotopic (exact) mass is 217 g/mol. The van der Waals surface area contributed by atoms with Gasteiger partial charge in [0, 0.05) is 18.9 Å². The number of hydrogen-bond acceptors (Lipinski definition) is 2. The minimum Gasteiger partial charge on any atom is -0.313 e. The van der Waals surface area contributed by atoms with Gasteiger partial charge in [-0.2, -0.15) is 11.3 Å². The largest absolute Gasteiger partial charge is 0.313 e. The van der Waals surface area contributed by atoms with Crippen molar-refractivity contribution in [3.63, 3.8) is 0 Å². The molecule has 1 aliphatic carbocycles. The van der Waals surface area contributed by atoms with Crippen LogP contribution in [0.25, 0.3) is 0 Å². The van der Waals surface area contributed by atoms with Gasteiger partial charge in [-0.15, -0.1) is 0 Å². The minimum absolute atomic E-state index is 0.0222. The Bertz CT molecular complexity index is 289. The zero-order valence-corrected chi connectivity index (χ0v) is 8.78. The van der Waals surface area contributed by atoms with E-state index in [9.17, 15) is 8.78 Å². The highest BCUT2D eigenvalue weighted by Gasteiger charge is 2.48. The smallest absolute Gasteiger partial charge is 0.248 e. The van der Waals surface area contributed by atoms with E-state index in [-0.39, 0.29) is 24.8 Å². The third-order valence-electron chi connectivity index (χ3n) is 2.81. The molecule has 0 spiro atoms. The Labute approximate surface area is 86.1 Å². The van der Waals surface area contributed by atoms with E-state index in [1.165, 1.54) is 0 Å². The molecule has 78 valence electrons. The van der Waals surface area contributed by atoms with E-state index in [0.717, 1.165) is 5.56 Å². The maximum absolute atomic E-state index is 12.7. The SMILES string of the molecule is CNC(c1ccsc1)C1CC(F)(F)C1. The third-order valence-corrected chi connectivity index (χ3v) is 3.51. The molecule has 4 heteroatoms. The molecular formula is C10H13F2NS. The summed E-state index contributed by atoms with van der Waals surface area (Å²) < 4.78 is 25.4. The molecule has 2 rings (SSSR count). The van der Waals surface area contributed by atoms with E-state index in [2.05, 4.69) is 5.32 Å². The van der Waals surface area contributed by atoms with Crippen LogP contribution < -0.4 is 5.32 Å². The Morgan fingerprint density at radius 3 is 2.71 bits per heavy atom. The van der Waals surface area contributed by atoms with Gasteiger partial charge in [0.1, 0.15) is 0 Å². The van der Waals surface area contributed by atoms with Crippen LogP contribution >= 0.6 is 11.3 Å². The Hall–Kier alpha value is -0.480. The molecule has 0 aromatic carbocycles. The zero-order valence-electron chi connectivity index (χ0n) is 7.97. The Kier molecular flexibility index (Phi) is 2.58. The van der Waals surface area contributed by atoms with Crippen molar-refractivity contribution in [2.75, 3.05) is 7.05 Å². The molecule has 1 atom stereocenters. The van der Waals surface area contributed by atoms with E-state index in [4.69, 9.17) is 0 Å². The molecule has 1 N–H and O–H groups in total. The second-order valence-electron chi connectivity index (χ2n) is 3.85. The number of hydrogen-bond donors (Lipinski definition) is 1. The standard InChI is InChI=1S/C10H13F2NS/c1-13-9(7-2-3-14-6-7)8-4-10(11,12)5-8/h2-3,6,8-9,13H,4-5H2,1H3. The van der Waals surface area contributed by atoms with Crippen molar-refractivity contribution in [3.8, 4) is 0 Å². The van der Waals surface area contributed by atoms with Crippen molar-refractivity contribution in [1.82, 2.24) is 5.32 Å². The molecule has 1 aliphatic rings. The summed E-state index contributed by atoms with van der Waals surface area (Å²) in [7, 11) is 1.83. The molecule has 0 aliphatic heterocycles. The summed E-state index contributed by atoms with van der Waals surface area (Å²) in [6, 6.07) is 2.10. The van der Waals surface area contributed by atoms with E-state index in [1.54, 1.807) is 11.3 Å². The quantitative estimate of drug-likeness (QED) is 0.820. The first-order valence-electron chi connectivity index (χ1n) is 4.69. The van der Waals surface area contributed by atoms with Crippen molar-refractivity contribution in [1.29, 1.82) is 0 Å². The number of thiophene rings is 1. The van der Waals surface area contributed by atoms with E-state index < -0.39 is 5.92 Å². The summed E-state index contributed by atoms with van der Waals surface area (Å²) in [6.07, 6.45) is 0.0444. The first-order valence-corrected chi connectivity index (χ1v) is 5.64. The van der Waals surface area contributed by atoms with Gasteiger partial charge in [0.15, 0.2) is 0 Å². The van der Waals surface area contributed by atoms with Crippen LogP contribution in [-0.4, -0.2) is 13.0 Å². The van der Waals surface area contributed by atoms with Crippen LogP contribution in [0, 0.1) is 5.92 Å². The fourth-order valence-electron chi connectivity index (χ4n) is 2.07. The molecule has 0 radical (unpaired) electrons. The molecule has 1 aromatic rings. The van der Waals surface area contributed by atoms with Crippen LogP contribution in [0.15, 0.2) is 16.8 Å². The van der Waals surface area contributed by atoms with E-state index >= 15 is 0 Å². The molecule has 0 saturated heterocycles. The molecule has 1 nitrogen and oxygen atoms in total. The fraction of sp³-hybridized carbons (Fsp3) is 0.600. The van der Waals surface area contributed by atoms with Crippen LogP contribution in [-0.2, 0) is 0 Å². The molecule has 0 bridgehead atoms. The highest BCUT2D eigenvalue weighted by molar-refractivity contribution is 7.07. The topological polar surface area (TPSA) is 12.0 Å². The van der Waals surface area contributed by atoms with Gasteiger partial charge < -0.3 is 5.32 Å². The molecule has 1 fully saturated rings. The predicted octanol–water partition coefficient (Wildman–Crippen LogP) is 3.05. The number of rotatable bonds is 3. The zero-order chi connectivity index (χ0) is 10.2. The minimum atomic E-state index is -2.42. The van der Waals surface area contributed by atoms with Crippen molar-refractivity contribution < 1.29 is 8.78 Å². The van der Waals surface area contributed by atoms with Gasteiger partial charge in [0.2, 0.25) is 5.92 Å². The Balaban J connectivity index is 2.02. The lowest BCUT2D eigenvalue weighted by Crippen LogP contribution is -2.42. The van der Waals surface area contributed by atoms with Crippen molar-refractivity contribution >= 4 is 11.3 Å². The van der Waals surface area contributed by atoms with Crippen molar-refractivity contribution in [2.45, 2.75) is 24.8 Å². The second kappa shape index (κ2) is 3.59. The van der Waals surface area contributed by atoms with Crippen molar-refractivity contribution in [2.24, 2.45) is 5.92 Å². The van der Waals surface area contributed by atoms with Crippen molar-refractivity contribution in [3.05, 3.63) is 22.4 Å². The van der Waals surface area contributed by atoms with Gasteiger partial charge in [-0.3, -0.25) is 0 Å². The van der Waals surface area contributed by atoms with Crippen LogP contribution in [0.5, 0.6) is 0 Å². The lowest BCUT2D eigenvalue weighted by molar-refractivity contribution is -0.119. The predicted molar refractivity (Wildman–Crippen MR) is 53.8 cm³/mol. The summed E-state index contributed by atoms with van der Waals surface area (Å²) in [5, 5.41) is 7.13. The van der Waals surface area contributed by atoms with E-state index in [1.807, 2.05) is 23.9 Å². The fourth-order valence-corrected chi connectivity index (χ4v) is 2.77. The average molecular weight is 217 g/mol. The van der Waals surface area contributed by atoms with Crippen LogP contribution in [0.1, 0.15) is 24.4 Å². The summed E-state index contributed by atoms with van der Waals surface area (Å²) in [5.41, 5.74) is 1.14. The Morgan fingerprint density at radius 2 is 2.29 bits per heavy atom. The average Bonchev–Trinajstić information content (AvgIpc) is 2.55.